The topological polar surface area (TPSA) is 55.1 Å². The minimum Gasteiger partial charge on any atom is -0.445 e. The number of amides is 1. The zero-order chi connectivity index (χ0) is 14.8. The standard InChI is InChI=1S/C16H14N2O2S/c1-10-8-12(16-17-5-6-20-16)9-11(2)14(10)18-15(19)13-4-3-7-21-13/h3-9H,1-2H3,(H,18,19). The largest absolute Gasteiger partial charge is 0.445 e. The first-order chi connectivity index (χ1) is 10.1. The summed E-state index contributed by atoms with van der Waals surface area (Å²) in [5, 5.41) is 4.86. The smallest absolute Gasteiger partial charge is 0.265 e. The first-order valence-corrected chi connectivity index (χ1v) is 7.39. The first-order valence-electron chi connectivity index (χ1n) is 6.51. The van der Waals surface area contributed by atoms with Crippen molar-refractivity contribution in [1.82, 2.24) is 4.98 Å². The van der Waals surface area contributed by atoms with Crippen molar-refractivity contribution >= 4 is 22.9 Å². The molecule has 1 aromatic carbocycles. The Morgan fingerprint density at radius 2 is 2.05 bits per heavy atom. The predicted molar refractivity (Wildman–Crippen MR) is 83.7 cm³/mol. The first kappa shape index (κ1) is 13.6. The highest BCUT2D eigenvalue weighted by molar-refractivity contribution is 7.12. The minimum absolute atomic E-state index is 0.0833. The molecule has 1 amide bonds. The van der Waals surface area contributed by atoms with Gasteiger partial charge in [-0.2, -0.15) is 0 Å². The summed E-state index contributed by atoms with van der Waals surface area (Å²) < 4.78 is 5.31. The molecule has 0 unspecified atom stereocenters. The molecular formula is C16H14N2O2S. The number of aryl methyl sites for hydroxylation is 2. The Bertz CT molecular complexity index is 739. The summed E-state index contributed by atoms with van der Waals surface area (Å²) in [4.78, 5) is 17.0. The number of thiophene rings is 1. The average Bonchev–Trinajstić information content (AvgIpc) is 3.14. The summed E-state index contributed by atoms with van der Waals surface area (Å²) in [6.07, 6.45) is 3.17. The molecule has 2 heterocycles. The number of carbonyl (C=O) groups is 1. The number of aromatic nitrogens is 1. The highest BCUT2D eigenvalue weighted by Gasteiger charge is 2.13. The number of nitrogens with one attached hydrogen (secondary N) is 1. The molecule has 0 bridgehead atoms. The SMILES string of the molecule is Cc1cc(-c2ncco2)cc(C)c1NC(=O)c1cccs1. The van der Waals surface area contributed by atoms with Crippen molar-refractivity contribution in [3.8, 4) is 11.5 Å². The van der Waals surface area contributed by atoms with Crippen LogP contribution in [0.15, 0.2) is 46.5 Å². The lowest BCUT2D eigenvalue weighted by atomic mass is 10.0. The van der Waals surface area contributed by atoms with Gasteiger partial charge in [-0.1, -0.05) is 6.07 Å². The van der Waals surface area contributed by atoms with Crippen LogP contribution in [0.4, 0.5) is 5.69 Å². The van der Waals surface area contributed by atoms with Crippen LogP contribution in [0.5, 0.6) is 0 Å². The van der Waals surface area contributed by atoms with E-state index in [2.05, 4.69) is 10.3 Å². The van der Waals surface area contributed by atoms with Crippen LogP contribution in [0.2, 0.25) is 0 Å². The second-order valence-corrected chi connectivity index (χ2v) is 5.70. The average molecular weight is 298 g/mol. The van der Waals surface area contributed by atoms with Gasteiger partial charge in [0.1, 0.15) is 6.26 Å². The van der Waals surface area contributed by atoms with Gasteiger partial charge in [0.2, 0.25) is 5.89 Å². The van der Waals surface area contributed by atoms with E-state index in [0.29, 0.717) is 10.8 Å². The Morgan fingerprint density at radius 3 is 2.62 bits per heavy atom. The van der Waals surface area contributed by atoms with Crippen molar-refractivity contribution in [2.75, 3.05) is 5.32 Å². The van der Waals surface area contributed by atoms with E-state index in [1.54, 1.807) is 12.5 Å². The molecule has 0 saturated carbocycles. The van der Waals surface area contributed by atoms with Crippen molar-refractivity contribution in [1.29, 1.82) is 0 Å². The van der Waals surface area contributed by atoms with Crippen LogP contribution < -0.4 is 5.32 Å². The van der Waals surface area contributed by atoms with Crippen molar-refractivity contribution in [3.05, 3.63) is 58.1 Å². The Hall–Kier alpha value is -2.40. The highest BCUT2D eigenvalue weighted by atomic mass is 32.1. The molecule has 3 rings (SSSR count). The van der Waals surface area contributed by atoms with E-state index in [9.17, 15) is 4.79 Å². The van der Waals surface area contributed by atoms with Crippen molar-refractivity contribution in [2.45, 2.75) is 13.8 Å². The van der Waals surface area contributed by atoms with Gasteiger partial charge in [-0.3, -0.25) is 4.79 Å². The zero-order valence-corrected chi connectivity index (χ0v) is 12.5. The normalized spacial score (nSPS) is 10.6. The van der Waals surface area contributed by atoms with Crippen LogP contribution in [0, 0.1) is 13.8 Å². The van der Waals surface area contributed by atoms with E-state index in [-0.39, 0.29) is 5.91 Å². The molecule has 2 aromatic heterocycles. The number of benzene rings is 1. The van der Waals surface area contributed by atoms with Gasteiger partial charge in [0, 0.05) is 11.3 Å². The van der Waals surface area contributed by atoms with Gasteiger partial charge >= 0.3 is 0 Å². The summed E-state index contributed by atoms with van der Waals surface area (Å²) in [5.41, 5.74) is 3.70. The van der Waals surface area contributed by atoms with Gasteiger partial charge in [0.25, 0.3) is 5.91 Å². The number of nitrogens with zero attached hydrogens (tertiary/aromatic N) is 1. The summed E-state index contributed by atoms with van der Waals surface area (Å²) in [6.45, 7) is 3.92. The van der Waals surface area contributed by atoms with Crippen molar-refractivity contribution < 1.29 is 9.21 Å². The molecule has 0 aliphatic rings. The summed E-state index contributed by atoms with van der Waals surface area (Å²) in [7, 11) is 0. The number of rotatable bonds is 3. The molecule has 3 aromatic rings. The van der Waals surface area contributed by atoms with E-state index < -0.39 is 0 Å². The van der Waals surface area contributed by atoms with Crippen LogP contribution in [0.1, 0.15) is 20.8 Å². The Morgan fingerprint density at radius 1 is 1.29 bits per heavy atom. The predicted octanol–water partition coefficient (Wildman–Crippen LogP) is 4.27. The monoisotopic (exact) mass is 298 g/mol. The number of oxazole rings is 1. The van der Waals surface area contributed by atoms with Crippen LogP contribution in [0.3, 0.4) is 0 Å². The van der Waals surface area contributed by atoms with E-state index in [4.69, 9.17) is 4.42 Å². The summed E-state index contributed by atoms with van der Waals surface area (Å²) in [5.74, 6) is 0.498. The number of hydrogen-bond donors (Lipinski definition) is 1. The molecule has 5 heteroatoms. The van der Waals surface area contributed by atoms with Gasteiger partial charge in [-0.15, -0.1) is 11.3 Å². The van der Waals surface area contributed by atoms with Crippen LogP contribution in [-0.4, -0.2) is 10.9 Å². The number of hydrogen-bond acceptors (Lipinski definition) is 4. The molecule has 1 N–H and O–H groups in total. The lowest BCUT2D eigenvalue weighted by Gasteiger charge is -2.12. The Labute approximate surface area is 126 Å². The van der Waals surface area contributed by atoms with Crippen molar-refractivity contribution in [3.63, 3.8) is 0 Å². The maximum atomic E-state index is 12.2. The minimum atomic E-state index is -0.0833. The lowest BCUT2D eigenvalue weighted by molar-refractivity contribution is 0.103. The van der Waals surface area contributed by atoms with Crippen molar-refractivity contribution in [2.24, 2.45) is 0 Å². The van der Waals surface area contributed by atoms with Gasteiger partial charge in [-0.05, 0) is 48.6 Å². The van der Waals surface area contributed by atoms with E-state index in [1.807, 2.05) is 43.5 Å². The van der Waals surface area contributed by atoms with Gasteiger partial charge in [-0.25, -0.2) is 4.98 Å². The highest BCUT2D eigenvalue weighted by Crippen LogP contribution is 2.28. The second-order valence-electron chi connectivity index (χ2n) is 4.75. The fourth-order valence-electron chi connectivity index (χ4n) is 2.23. The lowest BCUT2D eigenvalue weighted by Crippen LogP contribution is -2.12. The summed E-state index contributed by atoms with van der Waals surface area (Å²) >= 11 is 1.43. The van der Waals surface area contributed by atoms with Crippen LogP contribution >= 0.6 is 11.3 Å². The second kappa shape index (κ2) is 5.54. The quantitative estimate of drug-likeness (QED) is 0.785. The van der Waals surface area contributed by atoms with Crippen LogP contribution in [0.25, 0.3) is 11.5 Å². The number of anilines is 1. The molecule has 0 radical (unpaired) electrons. The summed E-state index contributed by atoms with van der Waals surface area (Å²) in [6, 6.07) is 7.60. The van der Waals surface area contributed by atoms with Gasteiger partial charge < -0.3 is 9.73 Å². The van der Waals surface area contributed by atoms with E-state index in [1.165, 1.54) is 11.3 Å². The molecule has 21 heavy (non-hydrogen) atoms. The fourth-order valence-corrected chi connectivity index (χ4v) is 2.85. The molecule has 0 atom stereocenters. The maximum absolute atomic E-state index is 12.2. The van der Waals surface area contributed by atoms with E-state index >= 15 is 0 Å². The molecule has 106 valence electrons. The molecule has 0 aliphatic carbocycles. The van der Waals surface area contributed by atoms with Gasteiger partial charge in [0.15, 0.2) is 0 Å². The van der Waals surface area contributed by atoms with E-state index in [0.717, 1.165) is 22.4 Å². The molecule has 0 saturated heterocycles. The fraction of sp³-hybridized carbons (Fsp3) is 0.125. The zero-order valence-electron chi connectivity index (χ0n) is 11.7. The third kappa shape index (κ3) is 2.73. The molecule has 0 aliphatic heterocycles. The Balaban J connectivity index is 1.91. The Kier molecular flexibility index (Phi) is 3.58. The molecule has 0 fully saturated rings. The number of carbonyl (C=O) groups excluding carboxylic acids is 1. The van der Waals surface area contributed by atoms with Gasteiger partial charge in [0.05, 0.1) is 11.1 Å². The molecule has 4 nitrogen and oxygen atoms in total. The third-order valence-electron chi connectivity index (χ3n) is 3.20. The van der Waals surface area contributed by atoms with Crippen LogP contribution in [-0.2, 0) is 0 Å². The third-order valence-corrected chi connectivity index (χ3v) is 4.06. The molecular weight excluding hydrogens is 284 g/mol. The maximum Gasteiger partial charge on any atom is 0.265 e. The molecule has 0 spiro atoms.